The number of rotatable bonds is 4. The van der Waals surface area contributed by atoms with E-state index in [1.54, 1.807) is 12.3 Å². The van der Waals surface area contributed by atoms with Crippen molar-refractivity contribution >= 4 is 5.82 Å². The van der Waals surface area contributed by atoms with Crippen molar-refractivity contribution in [1.29, 1.82) is 0 Å². The van der Waals surface area contributed by atoms with Gasteiger partial charge in [0, 0.05) is 6.20 Å². The second-order valence-electron chi connectivity index (χ2n) is 4.14. The summed E-state index contributed by atoms with van der Waals surface area (Å²) in [5, 5.41) is 0. The fourth-order valence-corrected chi connectivity index (χ4v) is 1.85. The summed E-state index contributed by atoms with van der Waals surface area (Å²) < 4.78 is 26.1. The number of hydrogen-bond donors (Lipinski definition) is 3. The minimum absolute atomic E-state index is 0.374. The first-order chi connectivity index (χ1) is 9.11. The number of hydrazine groups is 1. The van der Waals surface area contributed by atoms with Crippen LogP contribution in [0, 0.1) is 11.6 Å². The van der Waals surface area contributed by atoms with Gasteiger partial charge in [-0.05, 0) is 35.7 Å². The van der Waals surface area contributed by atoms with E-state index in [1.165, 1.54) is 6.07 Å². The molecule has 0 aliphatic rings. The molecule has 0 amide bonds. The number of hydrogen-bond acceptors (Lipinski definition) is 4. The van der Waals surface area contributed by atoms with Crippen LogP contribution >= 0.6 is 0 Å². The highest BCUT2D eigenvalue weighted by Crippen LogP contribution is 2.21. The zero-order valence-corrected chi connectivity index (χ0v) is 10.1. The first-order valence-corrected chi connectivity index (χ1v) is 5.72. The molecule has 1 aromatic carbocycles. The van der Waals surface area contributed by atoms with E-state index in [4.69, 9.17) is 11.6 Å². The van der Waals surface area contributed by atoms with Gasteiger partial charge in [-0.2, -0.15) is 0 Å². The fraction of sp³-hybridized carbons (Fsp3) is 0.154. The quantitative estimate of drug-likeness (QED) is 0.580. The van der Waals surface area contributed by atoms with E-state index in [2.05, 4.69) is 10.4 Å². The summed E-state index contributed by atoms with van der Waals surface area (Å²) in [5.41, 5.74) is 9.64. The second-order valence-corrected chi connectivity index (χ2v) is 4.14. The van der Waals surface area contributed by atoms with Crippen LogP contribution in [-0.4, -0.2) is 4.98 Å². The van der Waals surface area contributed by atoms with E-state index in [0.29, 0.717) is 17.8 Å². The molecule has 6 heteroatoms. The number of nitrogens with one attached hydrogen (secondary N) is 1. The van der Waals surface area contributed by atoms with Gasteiger partial charge in [-0.1, -0.05) is 12.1 Å². The molecule has 2 aromatic rings. The summed E-state index contributed by atoms with van der Waals surface area (Å²) >= 11 is 0. The van der Waals surface area contributed by atoms with Gasteiger partial charge in [-0.25, -0.2) is 13.8 Å². The Morgan fingerprint density at radius 1 is 1.21 bits per heavy atom. The Morgan fingerprint density at radius 2 is 2.00 bits per heavy atom. The zero-order valence-electron chi connectivity index (χ0n) is 10.1. The van der Waals surface area contributed by atoms with Gasteiger partial charge in [0.25, 0.3) is 0 Å². The van der Waals surface area contributed by atoms with Gasteiger partial charge in [0.05, 0.1) is 6.04 Å². The van der Waals surface area contributed by atoms with Crippen molar-refractivity contribution in [3.63, 3.8) is 0 Å². The highest BCUT2D eigenvalue weighted by Gasteiger charge is 2.14. The number of aromatic nitrogens is 1. The maximum Gasteiger partial charge on any atom is 0.159 e. The molecule has 0 aliphatic carbocycles. The van der Waals surface area contributed by atoms with E-state index in [-0.39, 0.29) is 6.04 Å². The van der Waals surface area contributed by atoms with Gasteiger partial charge >= 0.3 is 0 Å². The maximum absolute atomic E-state index is 13.2. The Labute approximate surface area is 109 Å². The van der Waals surface area contributed by atoms with Gasteiger partial charge in [0.2, 0.25) is 0 Å². The Morgan fingerprint density at radius 3 is 2.63 bits per heavy atom. The molecule has 100 valence electrons. The topological polar surface area (TPSA) is 77.0 Å². The normalized spacial score (nSPS) is 12.4. The van der Waals surface area contributed by atoms with Crippen LogP contribution in [0.2, 0.25) is 0 Å². The molecule has 0 radical (unpaired) electrons. The van der Waals surface area contributed by atoms with Gasteiger partial charge in [-0.15, -0.1) is 0 Å². The lowest BCUT2D eigenvalue weighted by atomic mass is 9.99. The highest BCUT2D eigenvalue weighted by molar-refractivity contribution is 5.39. The summed E-state index contributed by atoms with van der Waals surface area (Å²) in [6.07, 6.45) is 2.02. The van der Waals surface area contributed by atoms with E-state index in [9.17, 15) is 8.78 Å². The van der Waals surface area contributed by atoms with Crippen molar-refractivity contribution in [3.8, 4) is 0 Å². The van der Waals surface area contributed by atoms with Crippen molar-refractivity contribution in [1.82, 2.24) is 10.4 Å². The van der Waals surface area contributed by atoms with Crippen LogP contribution in [0.4, 0.5) is 14.6 Å². The van der Waals surface area contributed by atoms with Crippen LogP contribution in [0.5, 0.6) is 0 Å². The second kappa shape index (κ2) is 5.73. The summed E-state index contributed by atoms with van der Waals surface area (Å²) in [6.45, 7) is 0. The number of nitrogens with two attached hydrogens (primary N) is 2. The van der Waals surface area contributed by atoms with Crippen LogP contribution in [0.1, 0.15) is 17.2 Å². The molecule has 0 bridgehead atoms. The van der Waals surface area contributed by atoms with Gasteiger partial charge in [0.1, 0.15) is 5.82 Å². The number of benzene rings is 1. The Bertz CT molecular complexity index is 574. The van der Waals surface area contributed by atoms with Crippen molar-refractivity contribution in [2.75, 3.05) is 5.73 Å². The largest absolute Gasteiger partial charge is 0.383 e. The molecule has 4 nitrogen and oxygen atoms in total. The minimum atomic E-state index is -0.906. The van der Waals surface area contributed by atoms with Gasteiger partial charge in [0.15, 0.2) is 11.6 Å². The summed E-state index contributed by atoms with van der Waals surface area (Å²) in [4.78, 5) is 3.97. The van der Waals surface area contributed by atoms with Gasteiger partial charge in [-0.3, -0.25) is 11.3 Å². The molecule has 0 aliphatic heterocycles. The lowest BCUT2D eigenvalue weighted by Gasteiger charge is -2.17. The monoisotopic (exact) mass is 264 g/mol. The molecule has 0 spiro atoms. The number of nitrogens with zero attached hydrogens (tertiary/aromatic N) is 1. The van der Waals surface area contributed by atoms with E-state index in [1.807, 2.05) is 6.07 Å². The summed E-state index contributed by atoms with van der Waals surface area (Å²) in [7, 11) is 0. The molecule has 19 heavy (non-hydrogen) atoms. The Hall–Kier alpha value is -2.05. The predicted molar refractivity (Wildman–Crippen MR) is 68.8 cm³/mol. The zero-order chi connectivity index (χ0) is 13.8. The Balaban J connectivity index is 2.25. The van der Waals surface area contributed by atoms with Crippen LogP contribution in [0.25, 0.3) is 0 Å². The molecule has 5 N–H and O–H groups in total. The van der Waals surface area contributed by atoms with Crippen molar-refractivity contribution in [3.05, 3.63) is 59.3 Å². The van der Waals surface area contributed by atoms with E-state index < -0.39 is 11.6 Å². The molecule has 1 atom stereocenters. The molecular weight excluding hydrogens is 250 g/mol. The Kier molecular flexibility index (Phi) is 4.03. The molecule has 1 aromatic heterocycles. The molecular formula is C13H14F2N4. The standard InChI is InChI=1S/C13H14F2N4/c14-10-4-3-8(6-11(10)15)12(19-17)7-9-2-1-5-18-13(9)16/h1-6,12,19H,7,17H2,(H2,16,18). The molecule has 1 unspecified atom stereocenters. The fourth-order valence-electron chi connectivity index (χ4n) is 1.85. The number of nitrogen functional groups attached to an aromatic ring is 1. The van der Waals surface area contributed by atoms with Crippen molar-refractivity contribution in [2.24, 2.45) is 5.84 Å². The third kappa shape index (κ3) is 3.04. The van der Waals surface area contributed by atoms with Crippen molar-refractivity contribution < 1.29 is 8.78 Å². The lowest BCUT2D eigenvalue weighted by Crippen LogP contribution is -2.30. The molecule has 0 saturated heterocycles. The maximum atomic E-state index is 13.2. The highest BCUT2D eigenvalue weighted by atomic mass is 19.2. The number of pyridine rings is 1. The average molecular weight is 264 g/mol. The molecule has 0 fully saturated rings. The average Bonchev–Trinajstić information content (AvgIpc) is 2.41. The third-order valence-electron chi connectivity index (χ3n) is 2.90. The smallest absolute Gasteiger partial charge is 0.159 e. The first-order valence-electron chi connectivity index (χ1n) is 5.72. The van der Waals surface area contributed by atoms with Gasteiger partial charge < -0.3 is 5.73 Å². The third-order valence-corrected chi connectivity index (χ3v) is 2.90. The van der Waals surface area contributed by atoms with Crippen LogP contribution in [0.15, 0.2) is 36.5 Å². The van der Waals surface area contributed by atoms with Crippen molar-refractivity contribution in [2.45, 2.75) is 12.5 Å². The molecule has 1 heterocycles. The first kappa shape index (κ1) is 13.4. The van der Waals surface area contributed by atoms with Crippen LogP contribution in [-0.2, 0) is 6.42 Å². The minimum Gasteiger partial charge on any atom is -0.383 e. The number of anilines is 1. The SMILES string of the molecule is NNC(Cc1cccnc1N)c1ccc(F)c(F)c1. The van der Waals surface area contributed by atoms with E-state index >= 15 is 0 Å². The lowest BCUT2D eigenvalue weighted by molar-refractivity contribution is 0.497. The summed E-state index contributed by atoms with van der Waals surface area (Å²) in [5.74, 6) is 4.06. The van der Waals surface area contributed by atoms with Crippen LogP contribution < -0.4 is 17.0 Å². The predicted octanol–water partition coefficient (Wildman–Crippen LogP) is 1.69. The summed E-state index contributed by atoms with van der Waals surface area (Å²) in [6, 6.07) is 6.86. The van der Waals surface area contributed by atoms with E-state index in [0.717, 1.165) is 17.7 Å². The molecule has 2 rings (SSSR count). The molecule has 0 saturated carbocycles. The number of halogens is 2. The van der Waals surface area contributed by atoms with Crippen LogP contribution in [0.3, 0.4) is 0 Å².